The summed E-state index contributed by atoms with van der Waals surface area (Å²) in [5.74, 6) is -0.540. The molecule has 0 aliphatic heterocycles. The number of aromatic hydroxyl groups is 2. The normalized spacial score (nSPS) is 10.5. The Morgan fingerprint density at radius 1 is 0.656 bits per heavy atom. The average Bonchev–Trinajstić information content (AvgIpc) is 2.84. The van der Waals surface area contributed by atoms with E-state index in [9.17, 15) is 19.8 Å². The highest BCUT2D eigenvalue weighted by atomic mass is 16.5. The SMILES string of the molecule is COC(=O)c1cc(C(=O)c2ccccc2-c2ccc(O)cc2)ccc1-c1ccc(O)cc1. The molecule has 4 aromatic carbocycles. The summed E-state index contributed by atoms with van der Waals surface area (Å²) in [6.07, 6.45) is 0. The van der Waals surface area contributed by atoms with Crippen LogP contribution in [0.1, 0.15) is 26.3 Å². The predicted molar refractivity (Wildman–Crippen MR) is 122 cm³/mol. The lowest BCUT2D eigenvalue weighted by atomic mass is 9.91. The van der Waals surface area contributed by atoms with Gasteiger partial charge in [0.2, 0.25) is 0 Å². The van der Waals surface area contributed by atoms with E-state index in [0.717, 1.165) is 11.1 Å². The number of hydrogen-bond donors (Lipinski definition) is 2. The van der Waals surface area contributed by atoms with Gasteiger partial charge in [0, 0.05) is 11.1 Å². The summed E-state index contributed by atoms with van der Waals surface area (Å²) >= 11 is 0. The van der Waals surface area contributed by atoms with Crippen LogP contribution in [0.25, 0.3) is 22.3 Å². The van der Waals surface area contributed by atoms with Crippen molar-refractivity contribution in [3.05, 3.63) is 108 Å². The number of carbonyl (C=O) groups excluding carboxylic acids is 2. The third-order valence-corrected chi connectivity index (χ3v) is 5.22. The number of methoxy groups -OCH3 is 1. The maximum absolute atomic E-state index is 13.4. The van der Waals surface area contributed by atoms with Crippen molar-refractivity contribution >= 4 is 11.8 Å². The Labute approximate surface area is 185 Å². The summed E-state index contributed by atoms with van der Waals surface area (Å²) in [6, 6.07) is 25.2. The van der Waals surface area contributed by atoms with E-state index in [1.807, 2.05) is 12.1 Å². The van der Waals surface area contributed by atoms with Gasteiger partial charge in [0.15, 0.2) is 5.78 Å². The van der Waals surface area contributed by atoms with Gasteiger partial charge in [0.25, 0.3) is 0 Å². The van der Waals surface area contributed by atoms with Gasteiger partial charge in [-0.1, -0.05) is 60.7 Å². The van der Waals surface area contributed by atoms with Gasteiger partial charge >= 0.3 is 5.97 Å². The third kappa shape index (κ3) is 4.09. The zero-order valence-electron chi connectivity index (χ0n) is 17.3. The van der Waals surface area contributed by atoms with Gasteiger partial charge in [-0.2, -0.15) is 0 Å². The van der Waals surface area contributed by atoms with E-state index in [1.54, 1.807) is 60.7 Å². The summed E-state index contributed by atoms with van der Waals surface area (Å²) in [7, 11) is 1.29. The van der Waals surface area contributed by atoms with Crippen molar-refractivity contribution in [2.75, 3.05) is 7.11 Å². The second kappa shape index (κ2) is 8.78. The molecule has 0 heterocycles. The number of benzene rings is 4. The minimum atomic E-state index is -0.561. The maximum Gasteiger partial charge on any atom is 0.338 e. The summed E-state index contributed by atoms with van der Waals surface area (Å²) in [5, 5.41) is 19.1. The molecule has 0 aliphatic carbocycles. The van der Waals surface area contributed by atoms with Crippen LogP contribution in [0.5, 0.6) is 11.5 Å². The van der Waals surface area contributed by atoms with Gasteiger partial charge in [-0.3, -0.25) is 4.79 Å². The van der Waals surface area contributed by atoms with Crippen LogP contribution in [0, 0.1) is 0 Å². The fourth-order valence-corrected chi connectivity index (χ4v) is 3.59. The first-order valence-electron chi connectivity index (χ1n) is 9.93. The fourth-order valence-electron chi connectivity index (χ4n) is 3.59. The number of phenolic OH excluding ortho intramolecular Hbond substituents is 2. The smallest absolute Gasteiger partial charge is 0.338 e. The quantitative estimate of drug-likeness (QED) is 0.329. The third-order valence-electron chi connectivity index (χ3n) is 5.22. The number of rotatable bonds is 5. The van der Waals surface area contributed by atoms with Crippen LogP contribution >= 0.6 is 0 Å². The zero-order valence-corrected chi connectivity index (χ0v) is 17.3. The Morgan fingerprint density at radius 2 is 1.19 bits per heavy atom. The Morgan fingerprint density at radius 3 is 1.75 bits per heavy atom. The molecule has 0 radical (unpaired) electrons. The highest BCUT2D eigenvalue weighted by Crippen LogP contribution is 2.30. The number of carbonyl (C=O) groups is 2. The molecule has 0 aromatic heterocycles. The largest absolute Gasteiger partial charge is 0.508 e. The molecule has 5 nitrogen and oxygen atoms in total. The molecule has 5 heteroatoms. The summed E-state index contributed by atoms with van der Waals surface area (Å²) < 4.78 is 4.94. The molecule has 158 valence electrons. The van der Waals surface area contributed by atoms with Crippen LogP contribution in [-0.4, -0.2) is 29.1 Å². The van der Waals surface area contributed by atoms with Gasteiger partial charge in [0.1, 0.15) is 11.5 Å². The lowest BCUT2D eigenvalue weighted by molar-refractivity contribution is 0.0601. The second-order valence-electron chi connectivity index (χ2n) is 7.22. The standard InChI is InChI=1S/C27H20O5/c1-32-27(31)25-16-19(10-15-23(25)18-8-13-21(29)14-9-18)26(30)24-5-3-2-4-22(24)17-6-11-20(28)12-7-17/h2-16,28-29H,1H3. The Bertz CT molecular complexity index is 1290. The minimum Gasteiger partial charge on any atom is -0.508 e. The predicted octanol–water partition coefficient (Wildman–Crippen LogP) is 5.45. The van der Waals surface area contributed by atoms with Crippen molar-refractivity contribution in [1.82, 2.24) is 0 Å². The van der Waals surface area contributed by atoms with Crippen LogP contribution < -0.4 is 0 Å². The van der Waals surface area contributed by atoms with Crippen molar-refractivity contribution in [3.63, 3.8) is 0 Å². The number of ether oxygens (including phenoxy) is 1. The summed E-state index contributed by atoms with van der Waals surface area (Å²) in [4.78, 5) is 25.9. The molecule has 0 bridgehead atoms. The van der Waals surface area contributed by atoms with Crippen molar-refractivity contribution in [1.29, 1.82) is 0 Å². The number of ketones is 1. The number of phenols is 2. The molecule has 0 unspecified atom stereocenters. The Hall–Kier alpha value is -4.38. The highest BCUT2D eigenvalue weighted by Gasteiger charge is 2.20. The van der Waals surface area contributed by atoms with Crippen LogP contribution in [0.15, 0.2) is 91.0 Å². The van der Waals surface area contributed by atoms with Crippen molar-refractivity contribution in [2.45, 2.75) is 0 Å². The van der Waals surface area contributed by atoms with E-state index < -0.39 is 5.97 Å². The van der Waals surface area contributed by atoms with E-state index in [1.165, 1.54) is 25.3 Å². The summed E-state index contributed by atoms with van der Waals surface area (Å²) in [5.41, 5.74) is 3.91. The highest BCUT2D eigenvalue weighted by molar-refractivity contribution is 6.14. The molecule has 32 heavy (non-hydrogen) atoms. The molecule has 0 atom stereocenters. The van der Waals surface area contributed by atoms with Crippen molar-refractivity contribution < 1.29 is 24.5 Å². The van der Waals surface area contributed by atoms with Crippen LogP contribution in [0.3, 0.4) is 0 Å². The molecule has 0 spiro atoms. The Balaban J connectivity index is 1.79. The molecule has 4 aromatic rings. The first-order chi connectivity index (χ1) is 15.5. The van der Waals surface area contributed by atoms with Crippen LogP contribution in [0.2, 0.25) is 0 Å². The van der Waals surface area contributed by atoms with E-state index in [4.69, 9.17) is 4.74 Å². The molecule has 0 fully saturated rings. The van der Waals surface area contributed by atoms with Gasteiger partial charge in [-0.25, -0.2) is 4.79 Å². The van der Waals surface area contributed by atoms with Gasteiger partial charge < -0.3 is 14.9 Å². The van der Waals surface area contributed by atoms with Crippen LogP contribution in [0.4, 0.5) is 0 Å². The van der Waals surface area contributed by atoms with Gasteiger partial charge in [-0.05, 0) is 52.6 Å². The lowest BCUT2D eigenvalue weighted by Gasteiger charge is -2.13. The molecule has 0 saturated carbocycles. The number of hydrogen-bond acceptors (Lipinski definition) is 5. The number of esters is 1. The first-order valence-corrected chi connectivity index (χ1v) is 9.93. The molecular formula is C27H20O5. The topological polar surface area (TPSA) is 83.8 Å². The first kappa shape index (κ1) is 20.9. The van der Waals surface area contributed by atoms with E-state index in [-0.39, 0.29) is 22.8 Å². The van der Waals surface area contributed by atoms with E-state index in [0.29, 0.717) is 22.3 Å². The van der Waals surface area contributed by atoms with E-state index >= 15 is 0 Å². The second-order valence-corrected chi connectivity index (χ2v) is 7.22. The zero-order chi connectivity index (χ0) is 22.7. The molecular weight excluding hydrogens is 404 g/mol. The summed E-state index contributed by atoms with van der Waals surface area (Å²) in [6.45, 7) is 0. The van der Waals surface area contributed by atoms with E-state index in [2.05, 4.69) is 0 Å². The van der Waals surface area contributed by atoms with Crippen molar-refractivity contribution in [2.24, 2.45) is 0 Å². The Kier molecular flexibility index (Phi) is 5.73. The van der Waals surface area contributed by atoms with Gasteiger partial charge in [-0.15, -0.1) is 0 Å². The molecule has 2 N–H and O–H groups in total. The van der Waals surface area contributed by atoms with Gasteiger partial charge in [0.05, 0.1) is 12.7 Å². The maximum atomic E-state index is 13.4. The van der Waals surface area contributed by atoms with Crippen LogP contribution in [-0.2, 0) is 4.74 Å². The molecule has 0 saturated heterocycles. The monoisotopic (exact) mass is 424 g/mol. The molecule has 4 rings (SSSR count). The average molecular weight is 424 g/mol. The lowest BCUT2D eigenvalue weighted by Crippen LogP contribution is -2.09. The molecule has 0 aliphatic rings. The van der Waals surface area contributed by atoms with Crippen molar-refractivity contribution in [3.8, 4) is 33.8 Å². The minimum absolute atomic E-state index is 0.117. The fraction of sp³-hybridized carbons (Fsp3) is 0.0370. The molecule has 0 amide bonds.